The molecule has 8 heteroatoms. The summed E-state index contributed by atoms with van der Waals surface area (Å²) in [6, 6.07) is 11.0. The Kier molecular flexibility index (Phi) is 7.92. The lowest BCUT2D eigenvalue weighted by molar-refractivity contribution is 0.277. The lowest BCUT2D eigenvalue weighted by Crippen LogP contribution is -2.33. The monoisotopic (exact) mass is 517 g/mol. The molecule has 0 amide bonds. The number of hydrogen-bond donors (Lipinski definition) is 1. The Labute approximate surface area is 222 Å². The third-order valence-electron chi connectivity index (χ3n) is 6.48. The molecule has 38 heavy (non-hydrogen) atoms. The quantitative estimate of drug-likeness (QED) is 0.289. The summed E-state index contributed by atoms with van der Waals surface area (Å²) in [6.07, 6.45) is 5.51. The van der Waals surface area contributed by atoms with Gasteiger partial charge in [-0.05, 0) is 67.1 Å². The summed E-state index contributed by atoms with van der Waals surface area (Å²) in [5, 5.41) is 18.5. The van der Waals surface area contributed by atoms with Crippen LogP contribution in [-0.2, 0) is 18.4 Å². The van der Waals surface area contributed by atoms with Crippen LogP contribution in [0.3, 0.4) is 0 Å². The summed E-state index contributed by atoms with van der Waals surface area (Å²) in [5.74, 6) is -0.839. The van der Waals surface area contributed by atoms with E-state index in [1.54, 1.807) is 30.6 Å². The summed E-state index contributed by atoms with van der Waals surface area (Å²) >= 11 is 0. The van der Waals surface area contributed by atoms with Crippen molar-refractivity contribution in [2.45, 2.75) is 65.9 Å². The van der Waals surface area contributed by atoms with Gasteiger partial charge < -0.3 is 5.11 Å². The van der Waals surface area contributed by atoms with Gasteiger partial charge in [0.2, 0.25) is 0 Å². The second-order valence-corrected chi connectivity index (χ2v) is 11.0. The van der Waals surface area contributed by atoms with E-state index in [0.717, 1.165) is 28.9 Å². The molecule has 0 radical (unpaired) electrons. The molecule has 0 spiro atoms. The number of aliphatic hydroxyl groups is 1. The zero-order valence-electron chi connectivity index (χ0n) is 22.5. The van der Waals surface area contributed by atoms with Crippen LogP contribution in [0.1, 0.15) is 70.1 Å². The third kappa shape index (κ3) is 5.75. The minimum Gasteiger partial charge on any atom is -0.390 e. The molecule has 0 saturated heterocycles. The van der Waals surface area contributed by atoms with E-state index in [1.807, 2.05) is 6.07 Å². The van der Waals surface area contributed by atoms with Crippen LogP contribution < -0.4 is 0 Å². The molecular formula is C30H33F2N5O. The average Bonchev–Trinajstić information content (AvgIpc) is 2.88. The molecule has 3 aromatic heterocycles. The molecule has 4 rings (SSSR count). The van der Waals surface area contributed by atoms with Crippen molar-refractivity contribution in [1.29, 1.82) is 0 Å². The largest absolute Gasteiger partial charge is 0.390 e. The maximum absolute atomic E-state index is 14.6. The van der Waals surface area contributed by atoms with Crippen molar-refractivity contribution >= 4 is 0 Å². The van der Waals surface area contributed by atoms with Gasteiger partial charge in [0.15, 0.2) is 5.82 Å². The number of benzene rings is 1. The first-order chi connectivity index (χ1) is 18.1. The minimum atomic E-state index is -0.674. The number of nitrogens with zero attached hydrogens (tertiary/aromatic N) is 5. The van der Waals surface area contributed by atoms with Gasteiger partial charge in [0.05, 0.1) is 40.4 Å². The number of aryl methyl sites for hydroxylation is 1. The normalized spacial score (nSPS) is 13.4. The lowest BCUT2D eigenvalue weighted by atomic mass is 9.69. The van der Waals surface area contributed by atoms with Gasteiger partial charge in [0.25, 0.3) is 0 Å². The highest BCUT2D eigenvalue weighted by atomic mass is 19.1. The maximum Gasteiger partial charge on any atom is 0.159 e. The van der Waals surface area contributed by atoms with Crippen LogP contribution >= 0.6 is 0 Å². The molecule has 0 bridgehead atoms. The molecular weight excluding hydrogens is 484 g/mol. The molecule has 1 N–H and O–H groups in total. The van der Waals surface area contributed by atoms with Gasteiger partial charge in [-0.3, -0.25) is 4.98 Å². The van der Waals surface area contributed by atoms with Crippen molar-refractivity contribution < 1.29 is 13.9 Å². The first-order valence-electron chi connectivity index (χ1n) is 12.8. The highest BCUT2D eigenvalue weighted by Crippen LogP contribution is 2.42. The van der Waals surface area contributed by atoms with E-state index in [-0.39, 0.29) is 23.3 Å². The van der Waals surface area contributed by atoms with E-state index in [2.05, 4.69) is 54.8 Å². The molecule has 0 aliphatic carbocycles. The molecule has 6 nitrogen and oxygen atoms in total. The van der Waals surface area contributed by atoms with E-state index in [1.165, 1.54) is 18.2 Å². The highest BCUT2D eigenvalue weighted by Gasteiger charge is 2.39. The second kappa shape index (κ2) is 11.0. The van der Waals surface area contributed by atoms with Crippen LogP contribution in [0.5, 0.6) is 0 Å². The van der Waals surface area contributed by atoms with Gasteiger partial charge in [0.1, 0.15) is 11.6 Å². The maximum atomic E-state index is 14.6. The van der Waals surface area contributed by atoms with E-state index in [9.17, 15) is 13.9 Å². The Hall–Kier alpha value is -3.65. The summed E-state index contributed by atoms with van der Waals surface area (Å²) < 4.78 is 29.2. The number of hydrogen-bond acceptors (Lipinski definition) is 6. The SMILES string of the molecule is CCCc1cc(-c2c(F)cccc2F)nnc1[C@@](C)(CC(C)(C)C)c1ccnc(-c2ccnc(CO)c2)n1. The van der Waals surface area contributed by atoms with Crippen LogP contribution in [0.15, 0.2) is 54.9 Å². The Balaban J connectivity index is 1.90. The Morgan fingerprint density at radius 1 is 0.895 bits per heavy atom. The average molecular weight is 518 g/mol. The Bertz CT molecular complexity index is 1420. The smallest absolute Gasteiger partial charge is 0.159 e. The van der Waals surface area contributed by atoms with Crippen molar-refractivity contribution in [3.63, 3.8) is 0 Å². The van der Waals surface area contributed by atoms with Crippen LogP contribution in [-0.4, -0.2) is 30.3 Å². The molecule has 1 aromatic carbocycles. The van der Waals surface area contributed by atoms with Crippen LogP contribution in [0.25, 0.3) is 22.6 Å². The van der Waals surface area contributed by atoms with Gasteiger partial charge in [0, 0.05) is 18.0 Å². The lowest BCUT2D eigenvalue weighted by Gasteiger charge is -2.36. The number of aliphatic hydroxyl groups excluding tert-OH is 1. The molecule has 0 saturated carbocycles. The summed E-state index contributed by atoms with van der Waals surface area (Å²) in [7, 11) is 0. The second-order valence-electron chi connectivity index (χ2n) is 11.0. The van der Waals surface area contributed by atoms with Gasteiger partial charge in [-0.2, -0.15) is 5.10 Å². The Morgan fingerprint density at radius 3 is 2.26 bits per heavy atom. The number of rotatable bonds is 8. The summed E-state index contributed by atoms with van der Waals surface area (Å²) in [4.78, 5) is 13.6. The van der Waals surface area contributed by atoms with Gasteiger partial charge in [-0.25, -0.2) is 18.7 Å². The molecule has 3 heterocycles. The fourth-order valence-electron chi connectivity index (χ4n) is 5.08. The molecule has 0 aliphatic heterocycles. The Morgan fingerprint density at radius 2 is 1.61 bits per heavy atom. The van der Waals surface area contributed by atoms with Gasteiger partial charge >= 0.3 is 0 Å². The summed E-state index contributed by atoms with van der Waals surface area (Å²) in [5.41, 5.74) is 2.84. The van der Waals surface area contributed by atoms with E-state index in [0.29, 0.717) is 24.4 Å². The van der Waals surface area contributed by atoms with Crippen molar-refractivity contribution in [3.05, 3.63) is 89.1 Å². The number of pyridine rings is 1. The molecule has 4 aromatic rings. The topological polar surface area (TPSA) is 84.7 Å². The van der Waals surface area contributed by atoms with E-state index < -0.39 is 17.0 Å². The molecule has 198 valence electrons. The minimum absolute atomic E-state index is 0.109. The summed E-state index contributed by atoms with van der Waals surface area (Å²) in [6.45, 7) is 10.4. The highest BCUT2D eigenvalue weighted by molar-refractivity contribution is 5.62. The van der Waals surface area contributed by atoms with Crippen LogP contribution in [0, 0.1) is 17.0 Å². The van der Waals surface area contributed by atoms with Crippen LogP contribution in [0.2, 0.25) is 0 Å². The molecule has 0 fully saturated rings. The van der Waals surface area contributed by atoms with Crippen molar-refractivity contribution in [2.75, 3.05) is 0 Å². The van der Waals surface area contributed by atoms with Gasteiger partial charge in [-0.1, -0.05) is 40.2 Å². The third-order valence-corrected chi connectivity index (χ3v) is 6.48. The number of halogens is 2. The number of aromatic nitrogens is 5. The van der Waals surface area contributed by atoms with Crippen molar-refractivity contribution in [2.24, 2.45) is 5.41 Å². The van der Waals surface area contributed by atoms with Crippen LogP contribution in [0.4, 0.5) is 8.78 Å². The van der Waals surface area contributed by atoms with Gasteiger partial charge in [-0.15, -0.1) is 5.10 Å². The predicted octanol–water partition coefficient (Wildman–Crippen LogP) is 6.46. The van der Waals surface area contributed by atoms with E-state index in [4.69, 9.17) is 4.98 Å². The standard InChI is InChI=1S/C30H33F2N5O/c1-6-8-19-16-24(26-22(31)9-7-10-23(26)32)36-37-27(19)30(5,18-29(2,3)4)25-12-14-34-28(35-25)20-11-13-33-21(15-20)17-38/h7,9-16,38H,6,8,17-18H2,1-5H3/t30-/m0/s1. The molecule has 0 unspecified atom stereocenters. The van der Waals surface area contributed by atoms with E-state index >= 15 is 0 Å². The first kappa shape index (κ1) is 27.4. The predicted molar refractivity (Wildman–Crippen MR) is 143 cm³/mol. The zero-order valence-corrected chi connectivity index (χ0v) is 22.5. The van der Waals surface area contributed by atoms with Crippen molar-refractivity contribution in [1.82, 2.24) is 25.1 Å². The fraction of sp³-hybridized carbons (Fsp3) is 0.367. The molecule has 0 aliphatic rings. The van der Waals surface area contributed by atoms with Crippen molar-refractivity contribution in [3.8, 4) is 22.6 Å². The first-order valence-corrected chi connectivity index (χ1v) is 12.8. The molecule has 1 atom stereocenters. The zero-order chi connectivity index (χ0) is 27.5. The fourth-order valence-corrected chi connectivity index (χ4v) is 5.08.